The molecule has 0 saturated heterocycles. The van der Waals surface area contributed by atoms with Crippen molar-refractivity contribution in [1.29, 1.82) is 0 Å². The maximum Gasteiger partial charge on any atom is 0.193 e. The SMILES string of the molecule is CC(C)(C)NCC(O)COc1cccc2c(=O)cc(-c3ccccc3)oc12.Cl. The number of fused-ring (bicyclic) bond motifs is 1. The van der Waals surface area contributed by atoms with Crippen molar-refractivity contribution in [2.75, 3.05) is 13.2 Å². The summed E-state index contributed by atoms with van der Waals surface area (Å²) in [6.45, 7) is 6.61. The molecule has 1 heterocycles. The van der Waals surface area contributed by atoms with Gasteiger partial charge in [0.1, 0.15) is 18.5 Å². The van der Waals surface area contributed by atoms with E-state index in [0.29, 0.717) is 29.0 Å². The van der Waals surface area contributed by atoms with Crippen LogP contribution in [0, 0.1) is 0 Å². The Hall–Kier alpha value is -2.34. The average molecular weight is 404 g/mol. The number of hydrogen-bond donors (Lipinski definition) is 2. The number of para-hydroxylation sites is 1. The van der Waals surface area contributed by atoms with Crippen LogP contribution in [0.15, 0.2) is 63.8 Å². The smallest absolute Gasteiger partial charge is 0.193 e. The van der Waals surface area contributed by atoms with Crippen molar-refractivity contribution in [1.82, 2.24) is 5.32 Å². The molecule has 2 N–H and O–H groups in total. The molecule has 6 heteroatoms. The van der Waals surface area contributed by atoms with Gasteiger partial charge in [0.15, 0.2) is 16.8 Å². The summed E-state index contributed by atoms with van der Waals surface area (Å²) >= 11 is 0. The van der Waals surface area contributed by atoms with E-state index < -0.39 is 6.10 Å². The van der Waals surface area contributed by atoms with Crippen LogP contribution in [-0.2, 0) is 0 Å². The highest BCUT2D eigenvalue weighted by Gasteiger charge is 2.15. The van der Waals surface area contributed by atoms with Crippen LogP contribution < -0.4 is 15.5 Å². The van der Waals surface area contributed by atoms with Crippen LogP contribution in [0.3, 0.4) is 0 Å². The number of aliphatic hydroxyl groups excluding tert-OH is 1. The Balaban J connectivity index is 0.00000280. The largest absolute Gasteiger partial charge is 0.487 e. The molecule has 3 aromatic rings. The van der Waals surface area contributed by atoms with E-state index in [4.69, 9.17) is 9.15 Å². The summed E-state index contributed by atoms with van der Waals surface area (Å²) in [5, 5.41) is 13.8. The molecule has 0 spiro atoms. The van der Waals surface area contributed by atoms with Crippen LogP contribution >= 0.6 is 12.4 Å². The predicted molar refractivity (Wildman–Crippen MR) is 114 cm³/mol. The number of nitrogens with one attached hydrogen (secondary N) is 1. The third-order valence-corrected chi connectivity index (χ3v) is 4.08. The first-order chi connectivity index (χ1) is 12.8. The van der Waals surface area contributed by atoms with Crippen molar-refractivity contribution in [2.24, 2.45) is 0 Å². The fourth-order valence-electron chi connectivity index (χ4n) is 2.68. The summed E-state index contributed by atoms with van der Waals surface area (Å²) in [7, 11) is 0. The molecule has 28 heavy (non-hydrogen) atoms. The lowest BCUT2D eigenvalue weighted by Crippen LogP contribution is -2.42. The standard InChI is InChI=1S/C22H25NO4.ClH/c1-22(2,3)23-13-16(24)14-26-19-11-7-10-17-18(25)12-20(27-21(17)19)15-8-5-4-6-9-15;/h4-12,16,23-24H,13-14H2,1-3H3;1H. The molecule has 0 aliphatic heterocycles. The zero-order valence-electron chi connectivity index (χ0n) is 16.3. The first-order valence-electron chi connectivity index (χ1n) is 9.02. The maximum absolute atomic E-state index is 12.5. The lowest BCUT2D eigenvalue weighted by Gasteiger charge is -2.23. The van der Waals surface area contributed by atoms with Crippen LogP contribution in [0.4, 0.5) is 0 Å². The van der Waals surface area contributed by atoms with E-state index in [-0.39, 0.29) is 30.0 Å². The molecule has 1 unspecified atom stereocenters. The van der Waals surface area contributed by atoms with Crippen molar-refractivity contribution in [2.45, 2.75) is 32.4 Å². The van der Waals surface area contributed by atoms with Crippen LogP contribution in [0.1, 0.15) is 20.8 Å². The molecule has 1 atom stereocenters. The molecule has 2 aromatic carbocycles. The second-order valence-electron chi connectivity index (χ2n) is 7.57. The minimum absolute atomic E-state index is 0. The van der Waals surface area contributed by atoms with E-state index in [2.05, 4.69) is 5.32 Å². The van der Waals surface area contributed by atoms with Gasteiger partial charge in [0.2, 0.25) is 0 Å². The Kier molecular flexibility index (Phi) is 7.24. The van der Waals surface area contributed by atoms with Gasteiger partial charge in [-0.3, -0.25) is 4.79 Å². The third-order valence-electron chi connectivity index (χ3n) is 4.08. The zero-order chi connectivity index (χ0) is 19.4. The molecule has 5 nitrogen and oxygen atoms in total. The van der Waals surface area contributed by atoms with Gasteiger partial charge < -0.3 is 19.6 Å². The summed E-state index contributed by atoms with van der Waals surface area (Å²) in [5.74, 6) is 0.927. The summed E-state index contributed by atoms with van der Waals surface area (Å²) in [4.78, 5) is 12.5. The molecule has 0 aliphatic carbocycles. The minimum atomic E-state index is -0.677. The quantitative estimate of drug-likeness (QED) is 0.650. The minimum Gasteiger partial charge on any atom is -0.487 e. The van der Waals surface area contributed by atoms with Gasteiger partial charge in [-0.1, -0.05) is 36.4 Å². The van der Waals surface area contributed by atoms with Crippen molar-refractivity contribution in [3.63, 3.8) is 0 Å². The molecule has 0 amide bonds. The number of benzene rings is 2. The van der Waals surface area contributed by atoms with Gasteiger partial charge in [0.05, 0.1) is 5.39 Å². The molecule has 0 saturated carbocycles. The van der Waals surface area contributed by atoms with Crippen LogP contribution in [0.2, 0.25) is 0 Å². The molecule has 0 fully saturated rings. The summed E-state index contributed by atoms with van der Waals surface area (Å²) in [6.07, 6.45) is -0.677. The van der Waals surface area contributed by atoms with Crippen LogP contribution in [-0.4, -0.2) is 29.9 Å². The fraction of sp³-hybridized carbons (Fsp3) is 0.318. The molecule has 0 bridgehead atoms. The first kappa shape index (κ1) is 22.0. The molecule has 150 valence electrons. The van der Waals surface area contributed by atoms with E-state index in [0.717, 1.165) is 5.56 Å². The Morgan fingerprint density at radius 1 is 1.11 bits per heavy atom. The van der Waals surface area contributed by atoms with E-state index in [1.54, 1.807) is 18.2 Å². The number of ether oxygens (including phenoxy) is 1. The normalized spacial score (nSPS) is 12.4. The molecular weight excluding hydrogens is 378 g/mol. The monoisotopic (exact) mass is 403 g/mol. The Morgan fingerprint density at radius 2 is 1.82 bits per heavy atom. The molecule has 0 radical (unpaired) electrons. The number of halogens is 1. The second kappa shape index (κ2) is 9.24. The second-order valence-corrected chi connectivity index (χ2v) is 7.57. The van der Waals surface area contributed by atoms with Gasteiger partial charge in [0.25, 0.3) is 0 Å². The van der Waals surface area contributed by atoms with Gasteiger partial charge in [-0.05, 0) is 32.9 Å². The Bertz CT molecular complexity index is 964. The van der Waals surface area contributed by atoms with Gasteiger partial charge in [-0.25, -0.2) is 0 Å². The molecule has 0 aliphatic rings. The van der Waals surface area contributed by atoms with Gasteiger partial charge in [-0.2, -0.15) is 0 Å². The summed E-state index contributed by atoms with van der Waals surface area (Å²) in [6, 6.07) is 16.1. The van der Waals surface area contributed by atoms with E-state index in [9.17, 15) is 9.90 Å². The third kappa shape index (κ3) is 5.58. The van der Waals surface area contributed by atoms with Crippen molar-refractivity contribution in [3.05, 3.63) is 64.8 Å². The van der Waals surface area contributed by atoms with Crippen LogP contribution in [0.5, 0.6) is 5.75 Å². The number of hydrogen-bond acceptors (Lipinski definition) is 5. The van der Waals surface area contributed by atoms with E-state index in [1.165, 1.54) is 6.07 Å². The molecule has 3 rings (SSSR count). The topological polar surface area (TPSA) is 71.7 Å². The zero-order valence-corrected chi connectivity index (χ0v) is 17.1. The highest BCUT2D eigenvalue weighted by atomic mass is 35.5. The fourth-order valence-corrected chi connectivity index (χ4v) is 2.68. The lowest BCUT2D eigenvalue weighted by molar-refractivity contribution is 0.100. The highest BCUT2D eigenvalue weighted by molar-refractivity contribution is 5.85. The average Bonchev–Trinajstić information content (AvgIpc) is 2.65. The Morgan fingerprint density at radius 3 is 2.50 bits per heavy atom. The van der Waals surface area contributed by atoms with Gasteiger partial charge >= 0.3 is 0 Å². The highest BCUT2D eigenvalue weighted by Crippen LogP contribution is 2.28. The van der Waals surface area contributed by atoms with Gasteiger partial charge in [-0.15, -0.1) is 12.4 Å². The number of aliphatic hydroxyl groups is 1. The van der Waals surface area contributed by atoms with E-state index >= 15 is 0 Å². The van der Waals surface area contributed by atoms with Crippen LogP contribution in [0.25, 0.3) is 22.3 Å². The maximum atomic E-state index is 12.5. The summed E-state index contributed by atoms with van der Waals surface area (Å²) < 4.78 is 11.8. The van der Waals surface area contributed by atoms with Crippen molar-refractivity contribution >= 4 is 23.4 Å². The first-order valence-corrected chi connectivity index (χ1v) is 9.02. The number of rotatable bonds is 6. The summed E-state index contributed by atoms with van der Waals surface area (Å²) in [5.41, 5.74) is 0.994. The van der Waals surface area contributed by atoms with Crippen molar-refractivity contribution in [3.8, 4) is 17.1 Å². The van der Waals surface area contributed by atoms with E-state index in [1.807, 2.05) is 51.1 Å². The molecule has 1 aromatic heterocycles. The molecular formula is C22H26ClNO4. The predicted octanol–water partition coefficient (Wildman–Crippen LogP) is 4.01. The van der Waals surface area contributed by atoms with Gasteiger partial charge in [0, 0.05) is 23.7 Å². The van der Waals surface area contributed by atoms with Crippen molar-refractivity contribution < 1.29 is 14.3 Å². The Labute approximate surface area is 170 Å². The lowest BCUT2D eigenvalue weighted by atomic mass is 10.1. The number of β-amino-alcohol motifs (C(OH)–C–C–N with tert-alkyl or cyclic N) is 1.